The minimum atomic E-state index is 0.437. The molecule has 4 rings (SSSR count). The first-order chi connectivity index (χ1) is 10.4. The lowest BCUT2D eigenvalue weighted by molar-refractivity contribution is 0.592. The third kappa shape index (κ3) is 2.31. The zero-order valence-corrected chi connectivity index (χ0v) is 11.7. The Morgan fingerprint density at radius 2 is 2.05 bits per heavy atom. The molecule has 0 saturated carbocycles. The van der Waals surface area contributed by atoms with Crippen molar-refractivity contribution in [3.63, 3.8) is 0 Å². The van der Waals surface area contributed by atoms with E-state index in [0.717, 1.165) is 22.2 Å². The summed E-state index contributed by atoms with van der Waals surface area (Å²) in [4.78, 5) is 0. The number of fused-ring (bicyclic) bond motifs is 1. The van der Waals surface area contributed by atoms with Gasteiger partial charge in [-0.15, -0.1) is 15.3 Å². The van der Waals surface area contributed by atoms with Gasteiger partial charge in [0.2, 0.25) is 5.16 Å². The van der Waals surface area contributed by atoms with Gasteiger partial charge < -0.3 is 0 Å². The van der Waals surface area contributed by atoms with Crippen LogP contribution >= 0.6 is 11.8 Å². The van der Waals surface area contributed by atoms with Gasteiger partial charge in [-0.25, -0.2) is 4.68 Å². The van der Waals surface area contributed by atoms with Crippen LogP contribution in [0.1, 0.15) is 11.4 Å². The highest BCUT2D eigenvalue weighted by Gasteiger charge is 2.20. The zero-order valence-electron chi connectivity index (χ0n) is 10.9. The maximum Gasteiger partial charge on any atom is 0.212 e. The topological polar surface area (TPSA) is 86.7 Å². The van der Waals surface area contributed by atoms with E-state index in [1.807, 2.05) is 18.2 Å². The second-order valence-corrected chi connectivity index (χ2v) is 5.36. The molecule has 1 aliphatic rings. The van der Waals surface area contributed by atoms with E-state index in [-0.39, 0.29) is 0 Å². The zero-order chi connectivity index (χ0) is 14.1. The minimum absolute atomic E-state index is 0.437. The Balaban J connectivity index is 1.71. The fourth-order valence-electron chi connectivity index (χ4n) is 2.04. The Labute approximate surface area is 123 Å². The molecule has 9 heteroatoms. The normalized spacial score (nSPS) is 13.8. The predicted octanol–water partition coefficient (Wildman–Crippen LogP) is 0.671. The number of aromatic nitrogens is 7. The third-order valence-corrected chi connectivity index (χ3v) is 3.97. The SMILES string of the molecule is c1ccc(C2=Nn3c(Cn4cnnn4)nnc3SC2)cc1. The first kappa shape index (κ1) is 12.2. The molecule has 0 saturated heterocycles. The second-order valence-electron chi connectivity index (χ2n) is 4.42. The van der Waals surface area contributed by atoms with Crippen molar-refractivity contribution in [2.75, 3.05) is 5.75 Å². The number of tetrazole rings is 1. The van der Waals surface area contributed by atoms with E-state index in [1.54, 1.807) is 27.4 Å². The number of benzene rings is 1. The van der Waals surface area contributed by atoms with Crippen molar-refractivity contribution in [2.24, 2.45) is 5.10 Å². The molecule has 3 heterocycles. The molecule has 0 aliphatic carbocycles. The number of nitrogens with zero attached hydrogens (tertiary/aromatic N) is 8. The third-order valence-electron chi connectivity index (χ3n) is 3.04. The van der Waals surface area contributed by atoms with Crippen molar-refractivity contribution >= 4 is 17.5 Å². The Morgan fingerprint density at radius 3 is 2.86 bits per heavy atom. The maximum atomic E-state index is 4.66. The van der Waals surface area contributed by atoms with E-state index in [9.17, 15) is 0 Å². The molecule has 1 aliphatic heterocycles. The monoisotopic (exact) mass is 298 g/mol. The summed E-state index contributed by atoms with van der Waals surface area (Å²) in [7, 11) is 0. The van der Waals surface area contributed by atoms with Gasteiger partial charge in [-0.2, -0.15) is 9.78 Å². The Kier molecular flexibility index (Phi) is 2.96. The predicted molar refractivity (Wildman–Crippen MR) is 76.0 cm³/mol. The smallest absolute Gasteiger partial charge is 0.212 e. The van der Waals surface area contributed by atoms with E-state index < -0.39 is 0 Å². The van der Waals surface area contributed by atoms with Gasteiger partial charge in [0, 0.05) is 5.75 Å². The Morgan fingerprint density at radius 1 is 1.14 bits per heavy atom. The van der Waals surface area contributed by atoms with Gasteiger partial charge in [0.05, 0.1) is 5.71 Å². The standard InChI is InChI=1S/C12H10N8S/c1-2-4-9(5-3-1)10-7-21-12-15-14-11(20(12)16-10)6-19-8-13-17-18-19/h1-5,8H,6-7H2. The lowest BCUT2D eigenvalue weighted by Crippen LogP contribution is -2.15. The van der Waals surface area contributed by atoms with Gasteiger partial charge in [-0.05, 0) is 16.0 Å². The molecule has 0 amide bonds. The van der Waals surface area contributed by atoms with Crippen LogP contribution in [0.5, 0.6) is 0 Å². The summed E-state index contributed by atoms with van der Waals surface area (Å²) in [5.74, 6) is 1.49. The van der Waals surface area contributed by atoms with Crippen LogP contribution < -0.4 is 0 Å². The molecule has 104 valence electrons. The van der Waals surface area contributed by atoms with E-state index in [1.165, 1.54) is 0 Å². The van der Waals surface area contributed by atoms with Gasteiger partial charge in [-0.3, -0.25) is 0 Å². The van der Waals surface area contributed by atoms with Crippen LogP contribution in [0.15, 0.2) is 46.9 Å². The molecule has 1 aromatic carbocycles. The lowest BCUT2D eigenvalue weighted by Gasteiger charge is -2.13. The number of hydrogen-bond acceptors (Lipinski definition) is 7. The highest BCUT2D eigenvalue weighted by atomic mass is 32.2. The first-order valence-corrected chi connectivity index (χ1v) is 7.30. The van der Waals surface area contributed by atoms with Crippen LogP contribution in [-0.4, -0.2) is 46.5 Å². The number of hydrogen-bond donors (Lipinski definition) is 0. The van der Waals surface area contributed by atoms with Crippen LogP contribution in [-0.2, 0) is 6.54 Å². The number of rotatable bonds is 3. The molecule has 0 bridgehead atoms. The van der Waals surface area contributed by atoms with Crippen LogP contribution in [0.4, 0.5) is 0 Å². The van der Waals surface area contributed by atoms with Crippen LogP contribution in [0.3, 0.4) is 0 Å². The van der Waals surface area contributed by atoms with Gasteiger partial charge >= 0.3 is 0 Å². The van der Waals surface area contributed by atoms with Crippen molar-refractivity contribution in [1.82, 2.24) is 35.1 Å². The second kappa shape index (κ2) is 5.09. The molecular formula is C12H10N8S. The molecule has 0 fully saturated rings. The average Bonchev–Trinajstić information content (AvgIpc) is 3.19. The van der Waals surface area contributed by atoms with E-state index in [2.05, 4.69) is 43.0 Å². The van der Waals surface area contributed by atoms with Gasteiger partial charge in [0.1, 0.15) is 12.9 Å². The van der Waals surface area contributed by atoms with Gasteiger partial charge in [0.15, 0.2) is 5.82 Å². The van der Waals surface area contributed by atoms with E-state index >= 15 is 0 Å². The van der Waals surface area contributed by atoms with Crippen molar-refractivity contribution in [1.29, 1.82) is 0 Å². The Bertz CT molecular complexity index is 777. The quantitative estimate of drug-likeness (QED) is 0.706. The van der Waals surface area contributed by atoms with Gasteiger partial charge in [0.25, 0.3) is 0 Å². The van der Waals surface area contributed by atoms with Crippen LogP contribution in [0.25, 0.3) is 0 Å². The largest absolute Gasteiger partial charge is 0.225 e. The molecule has 21 heavy (non-hydrogen) atoms. The fourth-order valence-corrected chi connectivity index (χ4v) is 2.89. The fraction of sp³-hybridized carbons (Fsp3) is 0.167. The summed E-state index contributed by atoms with van der Waals surface area (Å²) in [6, 6.07) is 10.1. The lowest BCUT2D eigenvalue weighted by atomic mass is 10.1. The van der Waals surface area contributed by atoms with Crippen molar-refractivity contribution in [2.45, 2.75) is 11.7 Å². The summed E-state index contributed by atoms with van der Waals surface area (Å²) < 4.78 is 3.35. The van der Waals surface area contributed by atoms with Crippen molar-refractivity contribution < 1.29 is 0 Å². The van der Waals surface area contributed by atoms with Crippen LogP contribution in [0.2, 0.25) is 0 Å². The molecule has 0 unspecified atom stereocenters. The highest BCUT2D eigenvalue weighted by molar-refractivity contribution is 7.99. The van der Waals surface area contributed by atoms with Gasteiger partial charge in [-0.1, -0.05) is 42.1 Å². The van der Waals surface area contributed by atoms with Crippen molar-refractivity contribution in [3.8, 4) is 0 Å². The summed E-state index contributed by atoms with van der Waals surface area (Å²) in [6.07, 6.45) is 1.54. The molecule has 3 aromatic rings. The first-order valence-electron chi connectivity index (χ1n) is 6.31. The molecule has 0 atom stereocenters. The van der Waals surface area contributed by atoms with E-state index in [4.69, 9.17) is 0 Å². The highest BCUT2D eigenvalue weighted by Crippen LogP contribution is 2.24. The maximum absolute atomic E-state index is 4.66. The Hall–Kier alpha value is -2.55. The minimum Gasteiger partial charge on any atom is -0.225 e. The molecule has 0 spiro atoms. The molecule has 8 nitrogen and oxygen atoms in total. The summed E-state index contributed by atoms with van der Waals surface area (Å²) in [6.45, 7) is 0.437. The molecule has 0 N–H and O–H groups in total. The molecule has 2 aromatic heterocycles. The van der Waals surface area contributed by atoms with Crippen molar-refractivity contribution in [3.05, 3.63) is 48.0 Å². The number of thioether (sulfide) groups is 1. The summed E-state index contributed by atoms with van der Waals surface area (Å²) in [5, 5.41) is 24.8. The van der Waals surface area contributed by atoms with Crippen LogP contribution in [0, 0.1) is 0 Å². The summed E-state index contributed by atoms with van der Waals surface area (Å²) in [5.41, 5.74) is 2.11. The molecular weight excluding hydrogens is 288 g/mol. The average molecular weight is 298 g/mol. The summed E-state index contributed by atoms with van der Waals surface area (Å²) >= 11 is 1.62. The van der Waals surface area contributed by atoms with E-state index in [0.29, 0.717) is 12.4 Å². The molecule has 0 radical (unpaired) electrons.